The monoisotopic (exact) mass is 411 g/mol. The standard InChI is InChI=1S/C25H33NO4/c1-5-18(2)19-10-16-23(17-11-19)30-24(29-22-8-6-7-9-22)25(3,4)20-12-14-21(15-13-20)26(27)28/h10-18,22,24H,5-9H2,1-4H3. The topological polar surface area (TPSA) is 61.6 Å². The summed E-state index contributed by atoms with van der Waals surface area (Å²) in [5.74, 6) is 1.29. The molecule has 0 bridgehead atoms. The molecule has 1 aliphatic carbocycles. The van der Waals surface area contributed by atoms with Crippen LogP contribution in [0.15, 0.2) is 48.5 Å². The fraction of sp³-hybridized carbons (Fsp3) is 0.520. The Morgan fingerprint density at radius 3 is 2.20 bits per heavy atom. The third kappa shape index (κ3) is 5.20. The number of nitro groups is 1. The number of non-ortho nitro benzene ring substituents is 1. The molecule has 0 heterocycles. The summed E-state index contributed by atoms with van der Waals surface area (Å²) < 4.78 is 12.8. The highest BCUT2D eigenvalue weighted by Crippen LogP contribution is 2.35. The van der Waals surface area contributed by atoms with Gasteiger partial charge >= 0.3 is 0 Å². The first-order valence-electron chi connectivity index (χ1n) is 11.0. The van der Waals surface area contributed by atoms with Crippen LogP contribution in [0.2, 0.25) is 0 Å². The largest absolute Gasteiger partial charge is 0.464 e. The lowest BCUT2D eigenvalue weighted by atomic mass is 9.83. The lowest BCUT2D eigenvalue weighted by Crippen LogP contribution is -2.42. The van der Waals surface area contributed by atoms with Crippen molar-refractivity contribution in [1.82, 2.24) is 0 Å². The SMILES string of the molecule is CCC(C)c1ccc(OC(OC2CCCC2)C(C)(C)c2ccc([N+](=O)[O-])cc2)cc1. The van der Waals surface area contributed by atoms with Crippen LogP contribution in [0.1, 0.15) is 76.8 Å². The average Bonchev–Trinajstić information content (AvgIpc) is 3.26. The van der Waals surface area contributed by atoms with Crippen molar-refractivity contribution in [2.24, 2.45) is 0 Å². The van der Waals surface area contributed by atoms with Crippen molar-refractivity contribution in [2.45, 2.75) is 83.5 Å². The van der Waals surface area contributed by atoms with E-state index in [1.165, 1.54) is 18.4 Å². The van der Waals surface area contributed by atoms with E-state index in [-0.39, 0.29) is 16.7 Å². The van der Waals surface area contributed by atoms with Gasteiger partial charge in [-0.2, -0.15) is 0 Å². The first-order chi connectivity index (χ1) is 14.3. The molecule has 0 aromatic heterocycles. The summed E-state index contributed by atoms with van der Waals surface area (Å²) in [5, 5.41) is 11.0. The third-order valence-electron chi connectivity index (χ3n) is 6.33. The van der Waals surface area contributed by atoms with Gasteiger partial charge in [0.2, 0.25) is 6.29 Å². The summed E-state index contributed by atoms with van der Waals surface area (Å²) in [4.78, 5) is 10.6. The molecule has 2 aromatic rings. The van der Waals surface area contributed by atoms with Crippen LogP contribution in [0.3, 0.4) is 0 Å². The van der Waals surface area contributed by atoms with Crippen LogP contribution in [0.25, 0.3) is 0 Å². The summed E-state index contributed by atoms with van der Waals surface area (Å²) in [5.41, 5.74) is 1.86. The number of hydrogen-bond acceptors (Lipinski definition) is 4. The molecule has 1 fully saturated rings. The number of nitrogens with zero attached hydrogens (tertiary/aromatic N) is 1. The Labute approximate surface area is 179 Å². The smallest absolute Gasteiger partial charge is 0.269 e. The molecule has 5 heteroatoms. The number of benzene rings is 2. The van der Waals surface area contributed by atoms with Gasteiger partial charge in [-0.3, -0.25) is 10.1 Å². The first-order valence-corrected chi connectivity index (χ1v) is 11.0. The van der Waals surface area contributed by atoms with Crippen molar-refractivity contribution < 1.29 is 14.4 Å². The van der Waals surface area contributed by atoms with Crippen LogP contribution in [-0.2, 0) is 10.2 Å². The average molecular weight is 412 g/mol. The number of rotatable bonds is 9. The lowest BCUT2D eigenvalue weighted by Gasteiger charge is -2.36. The van der Waals surface area contributed by atoms with Gasteiger partial charge in [-0.05, 0) is 62.3 Å². The highest BCUT2D eigenvalue weighted by Gasteiger charge is 2.37. The molecule has 162 valence electrons. The van der Waals surface area contributed by atoms with Crippen molar-refractivity contribution in [3.05, 3.63) is 69.8 Å². The molecule has 1 aliphatic rings. The number of hydrogen-bond donors (Lipinski definition) is 0. The van der Waals surface area contributed by atoms with Gasteiger partial charge in [0.25, 0.3) is 5.69 Å². The Balaban J connectivity index is 1.84. The molecule has 1 saturated carbocycles. The molecule has 0 spiro atoms. The second kappa shape index (κ2) is 9.61. The zero-order valence-electron chi connectivity index (χ0n) is 18.5. The van der Waals surface area contributed by atoms with E-state index in [9.17, 15) is 10.1 Å². The lowest BCUT2D eigenvalue weighted by molar-refractivity contribution is -0.384. The molecule has 0 N–H and O–H groups in total. The number of nitro benzene ring substituents is 1. The van der Waals surface area contributed by atoms with Crippen molar-refractivity contribution in [3.8, 4) is 5.75 Å². The summed E-state index contributed by atoms with van der Waals surface area (Å²) in [6.45, 7) is 8.55. The molecule has 0 aliphatic heterocycles. The zero-order valence-corrected chi connectivity index (χ0v) is 18.5. The summed E-state index contributed by atoms with van der Waals surface area (Å²) in [6, 6.07) is 15.0. The predicted molar refractivity (Wildman–Crippen MR) is 119 cm³/mol. The van der Waals surface area contributed by atoms with Crippen LogP contribution in [-0.4, -0.2) is 17.3 Å². The van der Waals surface area contributed by atoms with Gasteiger partial charge in [-0.15, -0.1) is 0 Å². The van der Waals surface area contributed by atoms with Crippen LogP contribution in [0, 0.1) is 10.1 Å². The summed E-state index contributed by atoms with van der Waals surface area (Å²) in [6.07, 6.45) is 5.24. The van der Waals surface area contributed by atoms with E-state index in [1.807, 2.05) is 12.1 Å². The van der Waals surface area contributed by atoms with Crippen LogP contribution in [0.5, 0.6) is 5.75 Å². The van der Waals surface area contributed by atoms with Crippen LogP contribution >= 0.6 is 0 Å². The Kier molecular flexibility index (Phi) is 7.14. The van der Waals surface area contributed by atoms with E-state index in [1.54, 1.807) is 24.3 Å². The maximum Gasteiger partial charge on any atom is 0.269 e. The summed E-state index contributed by atoms with van der Waals surface area (Å²) in [7, 11) is 0. The summed E-state index contributed by atoms with van der Waals surface area (Å²) >= 11 is 0. The second-order valence-electron chi connectivity index (χ2n) is 8.90. The van der Waals surface area contributed by atoms with Crippen molar-refractivity contribution in [2.75, 3.05) is 0 Å². The van der Waals surface area contributed by atoms with Crippen LogP contribution in [0.4, 0.5) is 5.69 Å². The van der Waals surface area contributed by atoms with Crippen molar-refractivity contribution in [1.29, 1.82) is 0 Å². The van der Waals surface area contributed by atoms with Crippen LogP contribution < -0.4 is 4.74 Å². The minimum atomic E-state index is -0.489. The molecule has 0 saturated heterocycles. The molecule has 30 heavy (non-hydrogen) atoms. The van der Waals surface area contributed by atoms with Crippen molar-refractivity contribution >= 4 is 5.69 Å². The van der Waals surface area contributed by atoms with Crippen molar-refractivity contribution in [3.63, 3.8) is 0 Å². The van der Waals surface area contributed by atoms with Gasteiger partial charge in [-0.1, -0.05) is 51.0 Å². The highest BCUT2D eigenvalue weighted by atomic mass is 16.7. The molecular formula is C25H33NO4. The zero-order chi connectivity index (χ0) is 21.7. The maximum absolute atomic E-state index is 11.0. The Morgan fingerprint density at radius 1 is 1.07 bits per heavy atom. The van der Waals surface area contributed by atoms with Gasteiger partial charge in [0, 0.05) is 12.1 Å². The Bertz CT molecular complexity index is 823. The fourth-order valence-corrected chi connectivity index (χ4v) is 3.93. The Hall–Kier alpha value is -2.40. The molecule has 2 atom stereocenters. The van der Waals surface area contributed by atoms with E-state index < -0.39 is 11.7 Å². The van der Waals surface area contributed by atoms with E-state index in [2.05, 4.69) is 39.8 Å². The van der Waals surface area contributed by atoms with E-state index in [0.717, 1.165) is 30.6 Å². The normalized spacial score (nSPS) is 16.9. The van der Waals surface area contributed by atoms with E-state index in [0.29, 0.717) is 5.92 Å². The van der Waals surface area contributed by atoms with E-state index >= 15 is 0 Å². The second-order valence-corrected chi connectivity index (χ2v) is 8.90. The van der Waals surface area contributed by atoms with E-state index in [4.69, 9.17) is 9.47 Å². The molecule has 2 aromatic carbocycles. The minimum absolute atomic E-state index is 0.0874. The highest BCUT2D eigenvalue weighted by molar-refractivity contribution is 5.37. The predicted octanol–water partition coefficient (Wildman–Crippen LogP) is 6.75. The maximum atomic E-state index is 11.0. The van der Waals surface area contributed by atoms with Gasteiger partial charge in [0.15, 0.2) is 0 Å². The minimum Gasteiger partial charge on any atom is -0.464 e. The quantitative estimate of drug-likeness (QED) is 0.260. The molecule has 0 amide bonds. The molecule has 5 nitrogen and oxygen atoms in total. The van der Waals surface area contributed by atoms with Gasteiger partial charge in [-0.25, -0.2) is 0 Å². The molecule has 0 radical (unpaired) electrons. The Morgan fingerprint density at radius 2 is 1.67 bits per heavy atom. The number of ether oxygens (including phenoxy) is 2. The third-order valence-corrected chi connectivity index (χ3v) is 6.33. The molecule has 2 unspecified atom stereocenters. The van der Waals surface area contributed by atoms with Gasteiger partial charge < -0.3 is 9.47 Å². The fourth-order valence-electron chi connectivity index (χ4n) is 3.93. The van der Waals surface area contributed by atoms with Gasteiger partial charge in [0.05, 0.1) is 16.4 Å². The molecule has 3 rings (SSSR count). The molecular weight excluding hydrogens is 378 g/mol. The van der Waals surface area contributed by atoms with Gasteiger partial charge in [0.1, 0.15) is 5.75 Å². The first kappa shape index (κ1) is 22.3.